The minimum Gasteiger partial charge on any atom is -0.461 e. The van der Waals surface area contributed by atoms with E-state index in [4.69, 9.17) is 21.1 Å². The Morgan fingerprint density at radius 1 is 1.21 bits per heavy atom. The first-order valence-electron chi connectivity index (χ1n) is 9.20. The zero-order valence-corrected chi connectivity index (χ0v) is 17.1. The van der Waals surface area contributed by atoms with Crippen LogP contribution in [0.5, 0.6) is 6.01 Å². The largest absolute Gasteiger partial charge is 0.461 e. The molecule has 0 aliphatic carbocycles. The Morgan fingerprint density at radius 2 is 1.93 bits per heavy atom. The minimum absolute atomic E-state index is 0.213. The number of carbonyl (C=O) groups is 1. The highest BCUT2D eigenvalue weighted by molar-refractivity contribution is 6.30. The lowest BCUT2D eigenvalue weighted by Gasteiger charge is -2.27. The summed E-state index contributed by atoms with van der Waals surface area (Å²) in [4.78, 5) is 28.9. The van der Waals surface area contributed by atoms with Gasteiger partial charge in [0.05, 0.1) is 19.8 Å². The van der Waals surface area contributed by atoms with Gasteiger partial charge in [0.2, 0.25) is 11.9 Å². The van der Waals surface area contributed by atoms with Crippen molar-refractivity contribution in [3.63, 3.8) is 0 Å². The predicted octanol–water partition coefficient (Wildman–Crippen LogP) is 1.63. The maximum Gasteiger partial charge on any atom is 0.323 e. The van der Waals surface area contributed by atoms with Gasteiger partial charge >= 0.3 is 12.0 Å². The number of urea groups is 1. The van der Waals surface area contributed by atoms with Crippen molar-refractivity contribution in [1.29, 1.82) is 0 Å². The Balaban J connectivity index is 1.52. The summed E-state index contributed by atoms with van der Waals surface area (Å²) in [5, 5.41) is 6.03. The van der Waals surface area contributed by atoms with E-state index in [2.05, 4.69) is 25.6 Å². The minimum atomic E-state index is -0.338. The summed E-state index contributed by atoms with van der Waals surface area (Å²) in [5.41, 5.74) is 0.649. The fourth-order valence-electron chi connectivity index (χ4n) is 2.52. The number of nitrogens with zero attached hydrogens (tertiary/aromatic N) is 5. The van der Waals surface area contributed by atoms with Gasteiger partial charge in [-0.3, -0.25) is 0 Å². The van der Waals surface area contributed by atoms with Crippen LogP contribution in [-0.2, 0) is 4.74 Å². The first-order valence-corrected chi connectivity index (χ1v) is 9.58. The van der Waals surface area contributed by atoms with Crippen molar-refractivity contribution in [2.45, 2.75) is 0 Å². The van der Waals surface area contributed by atoms with Crippen LogP contribution in [0.4, 0.5) is 22.4 Å². The second-order valence-corrected chi connectivity index (χ2v) is 6.88. The number of halogens is 1. The van der Waals surface area contributed by atoms with Gasteiger partial charge in [0.1, 0.15) is 6.61 Å². The average Bonchev–Trinajstić information content (AvgIpc) is 2.73. The fraction of sp³-hybridized carbons (Fsp3) is 0.444. The van der Waals surface area contributed by atoms with Gasteiger partial charge in [-0.05, 0) is 24.3 Å². The smallest absolute Gasteiger partial charge is 0.323 e. The monoisotopic (exact) mass is 421 g/mol. The molecule has 2 aromatic rings. The standard InChI is InChI=1S/C18H24ClN7O3/c1-25(2)15-22-16(26-8-11-28-12-9-26)24-18(23-15)29-10-7-20-17(27)21-14-5-3-13(19)4-6-14/h3-6H,7-12H2,1-2H3,(H2,20,21,27). The number of nitrogens with one attached hydrogen (secondary N) is 2. The van der Waals surface area contributed by atoms with Crippen LogP contribution in [0, 0.1) is 0 Å². The highest BCUT2D eigenvalue weighted by Crippen LogP contribution is 2.17. The molecule has 156 valence electrons. The third kappa shape index (κ3) is 6.33. The van der Waals surface area contributed by atoms with E-state index in [0.717, 1.165) is 0 Å². The zero-order valence-electron chi connectivity index (χ0n) is 16.4. The first-order chi connectivity index (χ1) is 14.0. The number of ether oxygens (including phenoxy) is 2. The molecule has 3 rings (SSSR count). The molecule has 2 heterocycles. The van der Waals surface area contributed by atoms with Gasteiger partial charge in [-0.2, -0.15) is 15.0 Å². The van der Waals surface area contributed by atoms with E-state index in [1.54, 1.807) is 29.2 Å². The Bertz CT molecular complexity index is 814. The van der Waals surface area contributed by atoms with Gasteiger partial charge in [-0.15, -0.1) is 0 Å². The Morgan fingerprint density at radius 3 is 2.62 bits per heavy atom. The fourth-order valence-corrected chi connectivity index (χ4v) is 2.65. The SMILES string of the molecule is CN(C)c1nc(OCCNC(=O)Nc2ccc(Cl)cc2)nc(N2CCOCC2)n1. The third-order valence-electron chi connectivity index (χ3n) is 4.01. The molecule has 0 saturated carbocycles. The van der Waals surface area contributed by atoms with Crippen LogP contribution in [0.3, 0.4) is 0 Å². The molecule has 2 N–H and O–H groups in total. The van der Waals surface area contributed by atoms with Gasteiger partial charge < -0.3 is 29.9 Å². The molecule has 0 spiro atoms. The van der Waals surface area contributed by atoms with E-state index in [0.29, 0.717) is 48.9 Å². The van der Waals surface area contributed by atoms with E-state index in [1.165, 1.54) is 0 Å². The number of amides is 2. The molecular weight excluding hydrogens is 398 g/mol. The number of morpholine rings is 1. The topological polar surface area (TPSA) is 105 Å². The maximum atomic E-state index is 11.9. The first kappa shape index (κ1) is 20.9. The molecule has 1 aliphatic rings. The molecule has 1 aliphatic heterocycles. The molecular formula is C18H24ClN7O3. The predicted molar refractivity (Wildman–Crippen MR) is 111 cm³/mol. The van der Waals surface area contributed by atoms with Crippen molar-refractivity contribution >= 4 is 35.2 Å². The summed E-state index contributed by atoms with van der Waals surface area (Å²) in [5.74, 6) is 1.06. The molecule has 1 aromatic heterocycles. The van der Waals surface area contributed by atoms with Crippen LogP contribution in [0.1, 0.15) is 0 Å². The van der Waals surface area contributed by atoms with Crippen molar-refractivity contribution < 1.29 is 14.3 Å². The van der Waals surface area contributed by atoms with Crippen LogP contribution in [0.15, 0.2) is 24.3 Å². The Hall–Kier alpha value is -2.85. The van der Waals surface area contributed by atoms with Crippen molar-refractivity contribution in [2.75, 3.05) is 68.7 Å². The molecule has 2 amide bonds. The molecule has 10 nitrogen and oxygen atoms in total. The Kier molecular flexibility index (Phi) is 7.25. The van der Waals surface area contributed by atoms with E-state index >= 15 is 0 Å². The molecule has 0 unspecified atom stereocenters. The second-order valence-electron chi connectivity index (χ2n) is 6.45. The van der Waals surface area contributed by atoms with Crippen molar-refractivity contribution in [3.05, 3.63) is 29.3 Å². The molecule has 1 fully saturated rings. The lowest BCUT2D eigenvalue weighted by atomic mass is 10.3. The summed E-state index contributed by atoms with van der Waals surface area (Å²) >= 11 is 5.83. The molecule has 29 heavy (non-hydrogen) atoms. The average molecular weight is 422 g/mol. The highest BCUT2D eigenvalue weighted by atomic mass is 35.5. The highest BCUT2D eigenvalue weighted by Gasteiger charge is 2.17. The van der Waals surface area contributed by atoms with Gasteiger partial charge in [-0.25, -0.2) is 4.79 Å². The molecule has 1 saturated heterocycles. The van der Waals surface area contributed by atoms with Gasteiger partial charge in [0.25, 0.3) is 0 Å². The van der Waals surface area contributed by atoms with E-state index < -0.39 is 0 Å². The quantitative estimate of drug-likeness (QED) is 0.650. The summed E-state index contributed by atoms with van der Waals surface area (Å²) in [6.45, 7) is 3.19. The molecule has 1 aromatic carbocycles. The number of rotatable bonds is 7. The normalized spacial score (nSPS) is 13.7. The summed E-state index contributed by atoms with van der Waals surface area (Å²) < 4.78 is 11.0. The number of hydrogen-bond donors (Lipinski definition) is 2. The third-order valence-corrected chi connectivity index (χ3v) is 4.26. The van der Waals surface area contributed by atoms with Crippen molar-refractivity contribution in [2.24, 2.45) is 0 Å². The summed E-state index contributed by atoms with van der Waals surface area (Å²) in [6.07, 6.45) is 0. The summed E-state index contributed by atoms with van der Waals surface area (Å²) in [7, 11) is 3.70. The molecule has 0 radical (unpaired) electrons. The lowest BCUT2D eigenvalue weighted by molar-refractivity contribution is 0.122. The van der Waals surface area contributed by atoms with Crippen LogP contribution >= 0.6 is 11.6 Å². The summed E-state index contributed by atoms with van der Waals surface area (Å²) in [6, 6.07) is 6.73. The molecule has 0 atom stereocenters. The maximum absolute atomic E-state index is 11.9. The van der Waals surface area contributed by atoms with Crippen LogP contribution in [-0.4, -0.2) is 74.5 Å². The number of benzene rings is 1. The van der Waals surface area contributed by atoms with Gasteiger partial charge in [0.15, 0.2) is 0 Å². The lowest BCUT2D eigenvalue weighted by Crippen LogP contribution is -2.37. The van der Waals surface area contributed by atoms with E-state index in [1.807, 2.05) is 19.0 Å². The number of hydrogen-bond acceptors (Lipinski definition) is 8. The number of carbonyl (C=O) groups excluding carboxylic acids is 1. The van der Waals surface area contributed by atoms with Crippen LogP contribution < -0.4 is 25.2 Å². The Labute approximate surface area is 174 Å². The van der Waals surface area contributed by atoms with E-state index in [9.17, 15) is 4.79 Å². The number of anilines is 3. The zero-order chi connectivity index (χ0) is 20.6. The van der Waals surface area contributed by atoms with Crippen LogP contribution in [0.2, 0.25) is 5.02 Å². The second kappa shape index (κ2) is 10.1. The van der Waals surface area contributed by atoms with Gasteiger partial charge in [-0.1, -0.05) is 11.6 Å². The number of aromatic nitrogens is 3. The molecule has 0 bridgehead atoms. The van der Waals surface area contributed by atoms with Crippen molar-refractivity contribution in [1.82, 2.24) is 20.3 Å². The van der Waals surface area contributed by atoms with Crippen LogP contribution in [0.25, 0.3) is 0 Å². The van der Waals surface area contributed by atoms with E-state index in [-0.39, 0.29) is 25.2 Å². The van der Waals surface area contributed by atoms with Crippen molar-refractivity contribution in [3.8, 4) is 6.01 Å². The van der Waals surface area contributed by atoms with Gasteiger partial charge in [0, 0.05) is 37.9 Å². The molecule has 11 heteroatoms.